The van der Waals surface area contributed by atoms with Crippen molar-refractivity contribution in [1.82, 2.24) is 9.47 Å². The number of ether oxygens (including phenoxy) is 1. The number of benzene rings is 2. The van der Waals surface area contributed by atoms with Crippen molar-refractivity contribution in [3.63, 3.8) is 0 Å². The summed E-state index contributed by atoms with van der Waals surface area (Å²) in [6, 6.07) is 12.9. The first-order chi connectivity index (χ1) is 13.6. The fraction of sp³-hybridized carbons (Fsp3) is 0.300. The summed E-state index contributed by atoms with van der Waals surface area (Å²) < 4.78 is 12.0. The smallest absolute Gasteiger partial charge is 0.419 e. The van der Waals surface area contributed by atoms with E-state index in [0.717, 1.165) is 24.5 Å². The van der Waals surface area contributed by atoms with Gasteiger partial charge in [-0.3, -0.25) is 4.57 Å². The number of amides is 2. The minimum atomic E-state index is -0.425. The highest BCUT2D eigenvalue weighted by molar-refractivity contribution is 5.91. The number of para-hydroxylation sites is 2. The van der Waals surface area contributed by atoms with E-state index in [0.29, 0.717) is 29.9 Å². The van der Waals surface area contributed by atoms with E-state index in [9.17, 15) is 9.59 Å². The van der Waals surface area contributed by atoms with Crippen molar-refractivity contribution in [3.8, 4) is 5.75 Å². The van der Waals surface area contributed by atoms with Gasteiger partial charge in [-0.25, -0.2) is 9.59 Å². The van der Waals surface area contributed by atoms with Crippen LogP contribution in [0.3, 0.4) is 0 Å². The van der Waals surface area contributed by atoms with Gasteiger partial charge in [-0.05, 0) is 30.3 Å². The fourth-order valence-electron chi connectivity index (χ4n) is 3.45. The summed E-state index contributed by atoms with van der Waals surface area (Å²) in [4.78, 5) is 28.2. The Morgan fingerprint density at radius 1 is 1.11 bits per heavy atom. The number of fused-ring (bicyclic) bond motifs is 1. The van der Waals surface area contributed by atoms with Gasteiger partial charge in [-0.15, -0.1) is 0 Å². The van der Waals surface area contributed by atoms with Crippen molar-refractivity contribution in [1.29, 1.82) is 0 Å². The molecule has 2 aromatic carbocycles. The maximum absolute atomic E-state index is 12.6. The molecule has 1 N–H and O–H groups in total. The summed E-state index contributed by atoms with van der Waals surface area (Å²) in [6.45, 7) is 2.67. The molecule has 8 nitrogen and oxygen atoms in total. The molecule has 8 heteroatoms. The minimum absolute atomic E-state index is 0.160. The van der Waals surface area contributed by atoms with Crippen molar-refractivity contribution in [3.05, 3.63) is 53.0 Å². The number of hydrogen-bond donors (Lipinski definition) is 1. The average molecular weight is 382 g/mol. The summed E-state index contributed by atoms with van der Waals surface area (Å²) in [6.07, 6.45) is 0. The molecule has 0 bridgehead atoms. The van der Waals surface area contributed by atoms with Gasteiger partial charge in [0.15, 0.2) is 5.58 Å². The van der Waals surface area contributed by atoms with Crippen molar-refractivity contribution in [2.45, 2.75) is 0 Å². The first-order valence-corrected chi connectivity index (χ1v) is 9.10. The lowest BCUT2D eigenvalue weighted by molar-refractivity contribution is 0.208. The molecule has 1 saturated heterocycles. The molecule has 1 fully saturated rings. The van der Waals surface area contributed by atoms with Gasteiger partial charge in [0.1, 0.15) is 5.75 Å². The van der Waals surface area contributed by atoms with E-state index in [1.807, 2.05) is 24.3 Å². The third kappa shape index (κ3) is 3.28. The standard InChI is InChI=1S/C20H22N4O4/c1-22-16-13-14(7-8-18(16)28-20(22)26)21-19(25)24-11-9-23(10-12-24)15-5-3-4-6-17(15)27-2/h3-8,13H,9-12H2,1-2H3,(H,21,25). The molecule has 0 aliphatic carbocycles. The second kappa shape index (κ2) is 7.30. The van der Waals surface area contributed by atoms with Crippen LogP contribution in [0.5, 0.6) is 5.75 Å². The number of nitrogens with one attached hydrogen (secondary N) is 1. The molecular weight excluding hydrogens is 360 g/mol. The zero-order chi connectivity index (χ0) is 19.7. The lowest BCUT2D eigenvalue weighted by atomic mass is 10.2. The number of urea groups is 1. The van der Waals surface area contributed by atoms with Crippen LogP contribution >= 0.6 is 0 Å². The first kappa shape index (κ1) is 18.0. The van der Waals surface area contributed by atoms with Gasteiger partial charge in [-0.2, -0.15) is 0 Å². The van der Waals surface area contributed by atoms with E-state index in [1.54, 1.807) is 37.3 Å². The van der Waals surface area contributed by atoms with E-state index >= 15 is 0 Å². The quantitative estimate of drug-likeness (QED) is 0.753. The zero-order valence-corrected chi connectivity index (χ0v) is 15.8. The maximum atomic E-state index is 12.6. The van der Waals surface area contributed by atoms with Crippen molar-refractivity contribution in [2.75, 3.05) is 43.5 Å². The number of carbonyl (C=O) groups is 1. The Kier molecular flexibility index (Phi) is 4.68. The van der Waals surface area contributed by atoms with Crippen LogP contribution in [0.2, 0.25) is 0 Å². The summed E-state index contributed by atoms with van der Waals surface area (Å²) in [7, 11) is 3.30. The summed E-state index contributed by atoms with van der Waals surface area (Å²) in [5.41, 5.74) is 2.80. The number of anilines is 2. The zero-order valence-electron chi connectivity index (χ0n) is 15.8. The number of nitrogens with zero attached hydrogens (tertiary/aromatic N) is 3. The lowest BCUT2D eigenvalue weighted by Gasteiger charge is -2.36. The molecule has 28 heavy (non-hydrogen) atoms. The van der Waals surface area contributed by atoms with Crippen LogP contribution in [-0.2, 0) is 7.05 Å². The maximum Gasteiger partial charge on any atom is 0.419 e. The molecule has 0 spiro atoms. The average Bonchev–Trinajstić information content (AvgIpc) is 3.01. The van der Waals surface area contributed by atoms with Crippen LogP contribution in [0.15, 0.2) is 51.7 Å². The normalized spacial score (nSPS) is 14.4. The molecule has 1 aliphatic rings. The number of aromatic nitrogens is 1. The molecule has 1 aliphatic heterocycles. The third-order valence-corrected chi connectivity index (χ3v) is 5.04. The Bertz CT molecular complexity index is 1060. The molecule has 4 rings (SSSR count). The SMILES string of the molecule is COc1ccccc1N1CCN(C(=O)Nc2ccc3oc(=O)n(C)c3c2)CC1. The van der Waals surface area contributed by atoms with Gasteiger partial charge < -0.3 is 24.3 Å². The lowest BCUT2D eigenvalue weighted by Crippen LogP contribution is -2.50. The molecule has 0 saturated carbocycles. The Hall–Kier alpha value is -3.42. The summed E-state index contributed by atoms with van der Waals surface area (Å²) in [5.74, 6) is 0.408. The van der Waals surface area contributed by atoms with Crippen molar-refractivity contribution in [2.24, 2.45) is 7.05 Å². The second-order valence-electron chi connectivity index (χ2n) is 6.69. The van der Waals surface area contributed by atoms with Gasteiger partial charge >= 0.3 is 11.8 Å². The number of oxazole rings is 1. The molecule has 0 unspecified atom stereocenters. The van der Waals surface area contributed by atoms with Crippen LogP contribution in [-0.4, -0.2) is 48.8 Å². The topological polar surface area (TPSA) is 80.0 Å². The molecule has 1 aromatic heterocycles. The van der Waals surface area contributed by atoms with Crippen LogP contribution in [0, 0.1) is 0 Å². The van der Waals surface area contributed by atoms with Gasteiger partial charge in [0, 0.05) is 38.9 Å². The highest BCUT2D eigenvalue weighted by Crippen LogP contribution is 2.28. The fourth-order valence-corrected chi connectivity index (χ4v) is 3.45. The largest absolute Gasteiger partial charge is 0.495 e. The van der Waals surface area contributed by atoms with E-state index in [-0.39, 0.29) is 6.03 Å². The Labute approximate surface area is 161 Å². The second-order valence-corrected chi connectivity index (χ2v) is 6.69. The summed E-state index contributed by atoms with van der Waals surface area (Å²) in [5, 5.41) is 2.90. The highest BCUT2D eigenvalue weighted by Gasteiger charge is 2.23. The molecule has 0 radical (unpaired) electrons. The Balaban J connectivity index is 1.42. The van der Waals surface area contributed by atoms with E-state index in [4.69, 9.17) is 9.15 Å². The molecule has 2 amide bonds. The van der Waals surface area contributed by atoms with Crippen LogP contribution in [0.25, 0.3) is 11.1 Å². The number of hydrogen-bond acceptors (Lipinski definition) is 5. The Morgan fingerprint density at radius 3 is 2.61 bits per heavy atom. The Morgan fingerprint density at radius 2 is 1.86 bits per heavy atom. The first-order valence-electron chi connectivity index (χ1n) is 9.10. The van der Waals surface area contributed by atoms with Gasteiger partial charge in [0.05, 0.1) is 18.3 Å². The van der Waals surface area contributed by atoms with Crippen LogP contribution < -0.4 is 20.7 Å². The number of carbonyl (C=O) groups excluding carboxylic acids is 1. The third-order valence-electron chi connectivity index (χ3n) is 5.04. The predicted octanol–water partition coefficient (Wildman–Crippen LogP) is 2.49. The van der Waals surface area contributed by atoms with Crippen LogP contribution in [0.1, 0.15) is 0 Å². The van der Waals surface area contributed by atoms with Gasteiger partial charge in [0.25, 0.3) is 0 Å². The molecule has 146 valence electrons. The van der Waals surface area contributed by atoms with Gasteiger partial charge in [0.2, 0.25) is 0 Å². The van der Waals surface area contributed by atoms with Crippen LogP contribution in [0.4, 0.5) is 16.2 Å². The predicted molar refractivity (Wildman–Crippen MR) is 107 cm³/mol. The number of aryl methyl sites for hydroxylation is 1. The number of rotatable bonds is 3. The van der Waals surface area contributed by atoms with Crippen molar-refractivity contribution < 1.29 is 13.9 Å². The number of piperazine rings is 1. The monoisotopic (exact) mass is 382 g/mol. The van der Waals surface area contributed by atoms with E-state index in [1.165, 1.54) is 4.57 Å². The van der Waals surface area contributed by atoms with Gasteiger partial charge in [-0.1, -0.05) is 12.1 Å². The number of methoxy groups -OCH3 is 1. The van der Waals surface area contributed by atoms with E-state index in [2.05, 4.69) is 10.2 Å². The minimum Gasteiger partial charge on any atom is -0.495 e. The molecule has 3 aromatic rings. The van der Waals surface area contributed by atoms with E-state index < -0.39 is 5.76 Å². The molecule has 2 heterocycles. The highest BCUT2D eigenvalue weighted by atomic mass is 16.5. The summed E-state index contributed by atoms with van der Waals surface area (Å²) >= 11 is 0. The molecule has 0 atom stereocenters. The van der Waals surface area contributed by atoms with Crippen molar-refractivity contribution >= 4 is 28.5 Å². The molecular formula is C20H22N4O4.